The summed E-state index contributed by atoms with van der Waals surface area (Å²) >= 11 is 0. The lowest BCUT2D eigenvalue weighted by atomic mass is 9.87. The predicted octanol–water partition coefficient (Wildman–Crippen LogP) is 5.20. The van der Waals surface area contributed by atoms with Crippen molar-refractivity contribution in [1.29, 1.82) is 0 Å². The van der Waals surface area contributed by atoms with E-state index in [-0.39, 0.29) is 12.2 Å². The highest BCUT2D eigenvalue weighted by atomic mass is 16.5. The first-order chi connectivity index (χ1) is 16.5. The van der Waals surface area contributed by atoms with Gasteiger partial charge < -0.3 is 15.2 Å². The number of nitrogens with one attached hydrogen (secondary N) is 1. The maximum Gasteiger partial charge on any atom is 0.329 e. The number of pyridine rings is 2. The smallest absolute Gasteiger partial charge is 0.329 e. The molecule has 176 valence electrons. The maximum absolute atomic E-state index is 12.4. The second-order valence-corrected chi connectivity index (χ2v) is 8.63. The van der Waals surface area contributed by atoms with Crippen LogP contribution in [-0.2, 0) is 16.0 Å². The van der Waals surface area contributed by atoms with Crippen molar-refractivity contribution in [2.45, 2.75) is 57.9 Å². The Morgan fingerprint density at radius 2 is 1.88 bits per heavy atom. The fourth-order valence-electron chi connectivity index (χ4n) is 4.41. The minimum Gasteiger partial charge on any atom is -0.479 e. The number of carboxylic acids is 1. The molecule has 1 atom stereocenters. The summed E-state index contributed by atoms with van der Waals surface area (Å²) in [5, 5.41) is 15.2. The van der Waals surface area contributed by atoms with E-state index in [1.165, 1.54) is 0 Å². The van der Waals surface area contributed by atoms with Crippen molar-refractivity contribution in [2.75, 3.05) is 0 Å². The number of ether oxygens (including phenoxy) is 1. The van der Waals surface area contributed by atoms with Crippen LogP contribution in [-0.4, -0.2) is 32.4 Å². The van der Waals surface area contributed by atoms with Crippen LogP contribution in [0.3, 0.4) is 0 Å². The van der Waals surface area contributed by atoms with Crippen LogP contribution in [0, 0.1) is 0 Å². The lowest BCUT2D eigenvalue weighted by molar-refractivity contribution is -0.144. The second kappa shape index (κ2) is 10.0. The van der Waals surface area contributed by atoms with Crippen LogP contribution in [0.4, 0.5) is 0 Å². The number of nitrogens with zero attached hydrogens (tertiary/aromatic N) is 2. The molecule has 1 aliphatic rings. The zero-order chi connectivity index (χ0) is 24.1. The van der Waals surface area contributed by atoms with E-state index >= 15 is 0 Å². The van der Waals surface area contributed by atoms with E-state index in [2.05, 4.69) is 15.3 Å². The van der Waals surface area contributed by atoms with Crippen molar-refractivity contribution in [3.05, 3.63) is 71.8 Å². The first-order valence-corrected chi connectivity index (χ1v) is 11.7. The van der Waals surface area contributed by atoms with Crippen LogP contribution in [0.1, 0.15) is 51.5 Å². The first-order valence-electron chi connectivity index (χ1n) is 11.7. The Bertz CT molecular complexity index is 1230. The minimum atomic E-state index is -1.19. The van der Waals surface area contributed by atoms with Crippen molar-refractivity contribution in [2.24, 2.45) is 0 Å². The fraction of sp³-hybridized carbons (Fsp3) is 0.333. The summed E-state index contributed by atoms with van der Waals surface area (Å²) in [6, 6.07) is 11.2. The number of Topliss-reactive ketones (excluding diaryl/α,β-unsaturated/α-hetero) is 1. The van der Waals surface area contributed by atoms with Gasteiger partial charge in [0.1, 0.15) is 11.3 Å². The third-order valence-corrected chi connectivity index (χ3v) is 6.38. The Balaban J connectivity index is 1.55. The van der Waals surface area contributed by atoms with Gasteiger partial charge in [0.15, 0.2) is 5.78 Å². The quantitative estimate of drug-likeness (QED) is 0.429. The Hall–Kier alpha value is -3.74. The van der Waals surface area contributed by atoms with E-state index in [0.717, 1.165) is 34.0 Å². The Morgan fingerprint density at radius 3 is 2.59 bits per heavy atom. The molecule has 0 aliphatic heterocycles. The molecular weight excluding hydrogens is 430 g/mol. The fourth-order valence-corrected chi connectivity index (χ4v) is 4.41. The number of fused-ring (bicyclic) bond motifs is 1. The van der Waals surface area contributed by atoms with Gasteiger partial charge in [0.2, 0.25) is 5.88 Å². The van der Waals surface area contributed by atoms with Gasteiger partial charge in [-0.2, -0.15) is 0 Å². The molecule has 4 rings (SSSR count). The molecule has 1 aromatic carbocycles. The summed E-state index contributed by atoms with van der Waals surface area (Å²) in [6.45, 7) is 3.88. The Labute approximate surface area is 198 Å². The topological polar surface area (TPSA) is 101 Å². The monoisotopic (exact) mass is 459 g/mol. The van der Waals surface area contributed by atoms with E-state index in [1.54, 1.807) is 18.6 Å². The summed E-state index contributed by atoms with van der Waals surface area (Å²) in [4.78, 5) is 33.2. The first kappa shape index (κ1) is 23.4. The van der Waals surface area contributed by atoms with E-state index in [0.29, 0.717) is 37.3 Å². The van der Waals surface area contributed by atoms with Gasteiger partial charge in [-0.3, -0.25) is 9.78 Å². The largest absolute Gasteiger partial charge is 0.479 e. The van der Waals surface area contributed by atoms with Gasteiger partial charge >= 0.3 is 5.97 Å². The number of carboxylic acid groups (broad SMARTS) is 1. The summed E-state index contributed by atoms with van der Waals surface area (Å²) in [7, 11) is 0. The molecule has 0 amide bonds. The molecule has 2 aromatic heterocycles. The molecule has 0 spiro atoms. The van der Waals surface area contributed by atoms with Crippen LogP contribution in [0.5, 0.6) is 11.6 Å². The van der Waals surface area contributed by atoms with Crippen molar-refractivity contribution >= 4 is 22.5 Å². The molecule has 0 saturated heterocycles. The molecule has 0 unspecified atom stereocenters. The van der Waals surface area contributed by atoms with Crippen LogP contribution in [0.25, 0.3) is 10.8 Å². The molecule has 34 heavy (non-hydrogen) atoms. The number of aromatic nitrogens is 2. The van der Waals surface area contributed by atoms with Gasteiger partial charge in [-0.1, -0.05) is 32.4 Å². The standard InChI is InChI=1S/C27H29N3O4/c1-3-5-21-23(10-11-24(21)31)30-27(4-2,26(32)33)16-18-6-8-20(9-7-18)34-25-22-17-28-14-12-19(22)13-15-29-25/h6-9,12-15,17,30H,3-5,10-11,16H2,1-2H3,(H,32,33)/t27-/m0/s1. The molecule has 2 heterocycles. The number of carbonyl (C=O) groups is 2. The van der Waals surface area contributed by atoms with Gasteiger partial charge in [-0.05, 0) is 54.5 Å². The molecule has 3 aromatic rings. The molecule has 0 bridgehead atoms. The highest BCUT2D eigenvalue weighted by Crippen LogP contribution is 2.31. The summed E-state index contributed by atoms with van der Waals surface area (Å²) in [5.41, 5.74) is 1.21. The highest BCUT2D eigenvalue weighted by Gasteiger charge is 2.39. The number of hydrogen-bond acceptors (Lipinski definition) is 6. The van der Waals surface area contributed by atoms with E-state index in [1.807, 2.05) is 50.2 Å². The van der Waals surface area contributed by atoms with Crippen molar-refractivity contribution in [3.63, 3.8) is 0 Å². The summed E-state index contributed by atoms with van der Waals surface area (Å²) < 4.78 is 5.98. The Kier molecular flexibility index (Phi) is 6.91. The van der Waals surface area contributed by atoms with Crippen LogP contribution >= 0.6 is 0 Å². The number of hydrogen-bond donors (Lipinski definition) is 2. The van der Waals surface area contributed by atoms with Gasteiger partial charge in [0, 0.05) is 42.7 Å². The zero-order valence-electron chi connectivity index (χ0n) is 19.5. The van der Waals surface area contributed by atoms with E-state index in [9.17, 15) is 14.7 Å². The normalized spacial score (nSPS) is 15.4. The third-order valence-electron chi connectivity index (χ3n) is 6.38. The molecule has 7 heteroatoms. The predicted molar refractivity (Wildman–Crippen MR) is 130 cm³/mol. The van der Waals surface area contributed by atoms with Gasteiger partial charge in [0.25, 0.3) is 0 Å². The van der Waals surface area contributed by atoms with Crippen molar-refractivity contribution in [3.8, 4) is 11.6 Å². The number of benzene rings is 1. The van der Waals surface area contributed by atoms with Crippen molar-refractivity contribution < 1.29 is 19.4 Å². The maximum atomic E-state index is 12.4. The SMILES string of the molecule is CCCC1=C(N[C@@](CC)(Cc2ccc(Oc3nccc4ccncc34)cc2)C(=O)O)CCC1=O. The average Bonchev–Trinajstić information content (AvgIpc) is 3.19. The molecule has 7 nitrogen and oxygen atoms in total. The molecule has 0 saturated carbocycles. The third kappa shape index (κ3) is 4.78. The van der Waals surface area contributed by atoms with Gasteiger partial charge in [0.05, 0.1) is 5.39 Å². The number of ketones is 1. The lowest BCUT2D eigenvalue weighted by Crippen LogP contribution is -2.53. The lowest BCUT2D eigenvalue weighted by Gasteiger charge is -2.32. The Morgan fingerprint density at radius 1 is 1.12 bits per heavy atom. The number of allylic oxidation sites excluding steroid dienone is 2. The average molecular weight is 460 g/mol. The van der Waals surface area contributed by atoms with Crippen LogP contribution < -0.4 is 10.1 Å². The summed E-state index contributed by atoms with van der Waals surface area (Å²) in [5.74, 6) is 0.269. The molecular formula is C27H29N3O4. The number of rotatable bonds is 10. The van der Waals surface area contributed by atoms with Gasteiger partial charge in [-0.25, -0.2) is 9.78 Å². The van der Waals surface area contributed by atoms with E-state index in [4.69, 9.17) is 4.74 Å². The summed E-state index contributed by atoms with van der Waals surface area (Å²) in [6.07, 6.45) is 8.33. The molecule has 0 radical (unpaired) electrons. The van der Waals surface area contributed by atoms with E-state index < -0.39 is 11.5 Å². The van der Waals surface area contributed by atoms with Gasteiger partial charge in [-0.15, -0.1) is 0 Å². The van der Waals surface area contributed by atoms with Crippen molar-refractivity contribution in [1.82, 2.24) is 15.3 Å². The highest BCUT2D eigenvalue weighted by molar-refractivity contribution is 5.98. The van der Waals surface area contributed by atoms with Crippen LogP contribution in [0.15, 0.2) is 66.3 Å². The minimum absolute atomic E-state index is 0.124. The zero-order valence-corrected chi connectivity index (χ0v) is 19.5. The second-order valence-electron chi connectivity index (χ2n) is 8.63. The number of carbonyl (C=O) groups excluding carboxylic acids is 1. The van der Waals surface area contributed by atoms with Crippen LogP contribution in [0.2, 0.25) is 0 Å². The number of aliphatic carboxylic acids is 1. The molecule has 2 N–H and O–H groups in total. The molecule has 1 aliphatic carbocycles. The molecule has 0 fully saturated rings.